The van der Waals surface area contributed by atoms with E-state index < -0.39 is 0 Å². The second-order valence-corrected chi connectivity index (χ2v) is 4.07. The third-order valence-electron chi connectivity index (χ3n) is 2.68. The molecule has 0 fully saturated rings. The zero-order valence-electron chi connectivity index (χ0n) is 8.40. The van der Waals surface area contributed by atoms with Gasteiger partial charge in [-0.15, -0.1) is 0 Å². The number of carbonyl (C=O) groups is 1. The first-order valence-corrected chi connectivity index (χ1v) is 4.42. The van der Waals surface area contributed by atoms with Crippen LogP contribution < -0.4 is 0 Å². The molecule has 0 bridgehead atoms. The summed E-state index contributed by atoms with van der Waals surface area (Å²) >= 11 is 0. The maximum atomic E-state index is 11.1. The molecule has 0 spiro atoms. The Morgan fingerprint density at radius 3 is 2.18 bits per heavy atom. The van der Waals surface area contributed by atoms with E-state index >= 15 is 0 Å². The predicted molar refractivity (Wildman–Crippen MR) is 48.5 cm³/mol. The highest BCUT2D eigenvalue weighted by Gasteiger charge is 2.27. The average molecular weight is 156 g/mol. The van der Waals surface area contributed by atoms with E-state index in [1.165, 1.54) is 0 Å². The van der Waals surface area contributed by atoms with Crippen molar-refractivity contribution in [2.24, 2.45) is 11.3 Å². The van der Waals surface area contributed by atoms with E-state index in [2.05, 4.69) is 20.8 Å². The number of rotatable bonds is 4. The number of carbonyl (C=O) groups excluding carboxylic acids is 1. The van der Waals surface area contributed by atoms with E-state index in [0.717, 1.165) is 12.8 Å². The summed E-state index contributed by atoms with van der Waals surface area (Å²) in [7, 11) is 0. The molecule has 0 unspecified atom stereocenters. The highest BCUT2D eigenvalue weighted by molar-refractivity contribution is 5.78. The monoisotopic (exact) mass is 156 g/mol. The van der Waals surface area contributed by atoms with Crippen molar-refractivity contribution in [2.75, 3.05) is 0 Å². The number of Topliss-reactive ketones (excluding diaryl/α,β-unsaturated/α-hetero) is 1. The normalized spacial score (nSPS) is 14.6. The Labute approximate surface area is 70.2 Å². The first-order chi connectivity index (χ1) is 4.91. The van der Waals surface area contributed by atoms with Crippen molar-refractivity contribution >= 4 is 5.78 Å². The average Bonchev–Trinajstić information content (AvgIpc) is 1.86. The van der Waals surface area contributed by atoms with Crippen LogP contribution in [0.5, 0.6) is 0 Å². The fourth-order valence-corrected chi connectivity index (χ4v) is 1.41. The van der Waals surface area contributed by atoms with Gasteiger partial charge in [0.15, 0.2) is 0 Å². The second kappa shape index (κ2) is 3.89. The van der Waals surface area contributed by atoms with Crippen molar-refractivity contribution in [1.82, 2.24) is 0 Å². The van der Waals surface area contributed by atoms with Gasteiger partial charge in [0.25, 0.3) is 0 Å². The molecular formula is C10H20O. The molecular weight excluding hydrogens is 136 g/mol. The van der Waals surface area contributed by atoms with E-state index in [4.69, 9.17) is 0 Å². The predicted octanol–water partition coefficient (Wildman–Crippen LogP) is 3.04. The molecule has 0 aliphatic heterocycles. The smallest absolute Gasteiger partial charge is 0.133 e. The second-order valence-electron chi connectivity index (χ2n) is 4.07. The molecule has 0 aromatic carbocycles. The minimum absolute atomic E-state index is 0.181. The Balaban J connectivity index is 4.16. The van der Waals surface area contributed by atoms with Crippen LogP contribution in [0.1, 0.15) is 47.5 Å². The lowest BCUT2D eigenvalue weighted by atomic mass is 9.75. The van der Waals surface area contributed by atoms with Crippen molar-refractivity contribution in [2.45, 2.75) is 47.5 Å². The van der Waals surface area contributed by atoms with Gasteiger partial charge in [-0.05, 0) is 18.8 Å². The first kappa shape index (κ1) is 10.7. The lowest BCUT2D eigenvalue weighted by Crippen LogP contribution is -2.26. The molecule has 0 aliphatic rings. The zero-order valence-corrected chi connectivity index (χ0v) is 8.40. The lowest BCUT2D eigenvalue weighted by Gasteiger charge is -2.29. The van der Waals surface area contributed by atoms with E-state index in [0.29, 0.717) is 5.78 Å². The Morgan fingerprint density at radius 2 is 1.91 bits per heavy atom. The van der Waals surface area contributed by atoms with E-state index in [1.807, 2.05) is 6.92 Å². The molecule has 0 saturated heterocycles. The molecule has 0 amide bonds. The van der Waals surface area contributed by atoms with E-state index in [1.54, 1.807) is 6.92 Å². The number of ketones is 1. The van der Waals surface area contributed by atoms with Gasteiger partial charge in [-0.25, -0.2) is 0 Å². The van der Waals surface area contributed by atoms with Gasteiger partial charge in [0.2, 0.25) is 0 Å². The molecule has 0 aromatic rings. The molecule has 0 saturated carbocycles. The van der Waals surface area contributed by atoms with Gasteiger partial charge in [-0.1, -0.05) is 34.1 Å². The van der Waals surface area contributed by atoms with Gasteiger partial charge in [0, 0.05) is 5.92 Å². The summed E-state index contributed by atoms with van der Waals surface area (Å²) in [5, 5.41) is 0. The molecule has 0 aromatic heterocycles. The van der Waals surface area contributed by atoms with Crippen molar-refractivity contribution in [3.8, 4) is 0 Å². The summed E-state index contributed by atoms with van der Waals surface area (Å²) in [5.41, 5.74) is 0.181. The summed E-state index contributed by atoms with van der Waals surface area (Å²) in [6.45, 7) is 10.2. The third kappa shape index (κ3) is 3.04. The molecule has 66 valence electrons. The maximum Gasteiger partial charge on any atom is 0.133 e. The summed E-state index contributed by atoms with van der Waals surface area (Å²) in [4.78, 5) is 11.1. The minimum Gasteiger partial charge on any atom is -0.300 e. The van der Waals surface area contributed by atoms with Crippen LogP contribution in [-0.2, 0) is 4.79 Å². The Bertz CT molecular complexity index is 136. The van der Waals surface area contributed by atoms with E-state index in [9.17, 15) is 4.79 Å². The molecule has 1 atom stereocenters. The molecule has 0 radical (unpaired) electrons. The SMILES string of the molecule is CCCC(C)(C)[C@@H](C)C(C)=O. The quantitative estimate of drug-likeness (QED) is 0.611. The van der Waals surface area contributed by atoms with Gasteiger partial charge in [-0.2, -0.15) is 0 Å². The minimum atomic E-state index is 0.181. The van der Waals surface area contributed by atoms with Crippen LogP contribution >= 0.6 is 0 Å². The summed E-state index contributed by atoms with van der Waals surface area (Å²) in [5.74, 6) is 0.505. The fraction of sp³-hybridized carbons (Fsp3) is 0.900. The highest BCUT2D eigenvalue weighted by Crippen LogP contribution is 2.31. The van der Waals surface area contributed by atoms with E-state index in [-0.39, 0.29) is 11.3 Å². The Hall–Kier alpha value is -0.330. The van der Waals surface area contributed by atoms with Crippen LogP contribution in [0.4, 0.5) is 0 Å². The Morgan fingerprint density at radius 1 is 1.45 bits per heavy atom. The third-order valence-corrected chi connectivity index (χ3v) is 2.68. The van der Waals surface area contributed by atoms with Gasteiger partial charge in [-0.3, -0.25) is 4.79 Å². The topological polar surface area (TPSA) is 17.1 Å². The fourth-order valence-electron chi connectivity index (χ4n) is 1.41. The van der Waals surface area contributed by atoms with Crippen LogP contribution in [0.3, 0.4) is 0 Å². The number of hydrogen-bond donors (Lipinski definition) is 0. The molecule has 0 aliphatic carbocycles. The molecule has 0 heterocycles. The van der Waals surface area contributed by atoms with Gasteiger partial charge >= 0.3 is 0 Å². The molecule has 0 rings (SSSR count). The summed E-state index contributed by atoms with van der Waals surface area (Å²) in [6, 6.07) is 0. The van der Waals surface area contributed by atoms with Crippen LogP contribution in [0, 0.1) is 11.3 Å². The van der Waals surface area contributed by atoms with Crippen LogP contribution in [0.25, 0.3) is 0 Å². The molecule has 1 heteroatoms. The summed E-state index contributed by atoms with van der Waals surface area (Å²) < 4.78 is 0. The Kier molecular flexibility index (Phi) is 3.77. The zero-order chi connectivity index (χ0) is 9.07. The standard InChI is InChI=1S/C10H20O/c1-6-7-10(4,5)8(2)9(3)11/h8H,6-7H2,1-5H3/t8-/m0/s1. The van der Waals surface area contributed by atoms with Crippen LogP contribution in [0.2, 0.25) is 0 Å². The van der Waals surface area contributed by atoms with Gasteiger partial charge in [0.05, 0.1) is 0 Å². The van der Waals surface area contributed by atoms with Crippen LogP contribution in [-0.4, -0.2) is 5.78 Å². The lowest BCUT2D eigenvalue weighted by molar-refractivity contribution is -0.123. The largest absolute Gasteiger partial charge is 0.300 e. The van der Waals surface area contributed by atoms with Crippen molar-refractivity contribution < 1.29 is 4.79 Å². The van der Waals surface area contributed by atoms with Crippen LogP contribution in [0.15, 0.2) is 0 Å². The molecule has 0 N–H and O–H groups in total. The van der Waals surface area contributed by atoms with Gasteiger partial charge < -0.3 is 0 Å². The van der Waals surface area contributed by atoms with Crippen molar-refractivity contribution in [1.29, 1.82) is 0 Å². The van der Waals surface area contributed by atoms with Crippen molar-refractivity contribution in [3.63, 3.8) is 0 Å². The van der Waals surface area contributed by atoms with Gasteiger partial charge in [0.1, 0.15) is 5.78 Å². The molecule has 11 heavy (non-hydrogen) atoms. The number of hydrogen-bond acceptors (Lipinski definition) is 1. The van der Waals surface area contributed by atoms with Crippen molar-refractivity contribution in [3.05, 3.63) is 0 Å². The first-order valence-electron chi connectivity index (χ1n) is 4.42. The highest BCUT2D eigenvalue weighted by atomic mass is 16.1. The summed E-state index contributed by atoms with van der Waals surface area (Å²) in [6.07, 6.45) is 2.29. The maximum absolute atomic E-state index is 11.1. The molecule has 1 nitrogen and oxygen atoms in total.